The molecule has 1 heterocycles. The van der Waals surface area contributed by atoms with E-state index in [4.69, 9.17) is 5.11 Å². The maximum atomic E-state index is 10.7. The summed E-state index contributed by atoms with van der Waals surface area (Å²) in [6.45, 7) is 0. The Bertz CT molecular complexity index is 325. The van der Waals surface area contributed by atoms with Crippen molar-refractivity contribution in [3.63, 3.8) is 0 Å². The lowest BCUT2D eigenvalue weighted by atomic mass is 10.1. The Balaban J connectivity index is 2.42. The van der Waals surface area contributed by atoms with E-state index in [1.54, 1.807) is 10.8 Å². The van der Waals surface area contributed by atoms with Crippen LogP contribution >= 0.6 is 21.6 Å². The van der Waals surface area contributed by atoms with Gasteiger partial charge in [0, 0.05) is 4.90 Å². The highest BCUT2D eigenvalue weighted by atomic mass is 33.1. The normalized spacial score (nSPS) is 20.5. The lowest BCUT2D eigenvalue weighted by molar-refractivity contribution is -0.136. The van der Waals surface area contributed by atoms with Crippen molar-refractivity contribution in [2.24, 2.45) is 0 Å². The summed E-state index contributed by atoms with van der Waals surface area (Å²) in [4.78, 5) is 11.8. The maximum Gasteiger partial charge on any atom is 0.322 e. The first-order valence-corrected chi connectivity index (χ1v) is 5.65. The first-order chi connectivity index (χ1) is 5.79. The van der Waals surface area contributed by atoms with Crippen molar-refractivity contribution < 1.29 is 9.90 Å². The summed E-state index contributed by atoms with van der Waals surface area (Å²) in [6, 6.07) is 7.63. The molecule has 0 bridgehead atoms. The lowest BCUT2D eigenvalue weighted by Crippen LogP contribution is -2.04. The van der Waals surface area contributed by atoms with E-state index in [1.807, 2.05) is 24.3 Å². The zero-order chi connectivity index (χ0) is 8.55. The SMILES string of the molecule is O=C(O)C1SSc2ccccc21. The molecule has 1 aliphatic heterocycles. The van der Waals surface area contributed by atoms with E-state index in [2.05, 4.69) is 0 Å². The van der Waals surface area contributed by atoms with Crippen LogP contribution in [0.3, 0.4) is 0 Å². The van der Waals surface area contributed by atoms with Crippen molar-refractivity contribution >= 4 is 27.6 Å². The molecule has 1 aromatic rings. The number of hydrogen-bond donors (Lipinski definition) is 1. The Hall–Kier alpha value is -0.610. The van der Waals surface area contributed by atoms with Crippen LogP contribution in [0.15, 0.2) is 29.2 Å². The van der Waals surface area contributed by atoms with E-state index < -0.39 is 5.97 Å². The standard InChI is InChI=1S/C8H6O2S2/c9-8(10)7-5-3-1-2-4-6(5)11-12-7/h1-4,7H,(H,9,10). The fourth-order valence-corrected chi connectivity index (χ4v) is 3.79. The second-order valence-corrected chi connectivity index (χ2v) is 4.78. The zero-order valence-corrected chi connectivity index (χ0v) is 7.69. The molecule has 12 heavy (non-hydrogen) atoms. The van der Waals surface area contributed by atoms with E-state index in [-0.39, 0.29) is 5.25 Å². The molecule has 0 radical (unpaired) electrons. The molecule has 1 N–H and O–H groups in total. The predicted molar refractivity (Wildman–Crippen MR) is 50.3 cm³/mol. The highest BCUT2D eigenvalue weighted by Gasteiger charge is 2.29. The second-order valence-electron chi connectivity index (χ2n) is 2.44. The summed E-state index contributed by atoms with van der Waals surface area (Å²) < 4.78 is 0. The average molecular weight is 198 g/mol. The van der Waals surface area contributed by atoms with Gasteiger partial charge in [0.05, 0.1) is 0 Å². The molecule has 2 rings (SSSR count). The van der Waals surface area contributed by atoms with Gasteiger partial charge in [0.2, 0.25) is 0 Å². The van der Waals surface area contributed by atoms with E-state index >= 15 is 0 Å². The van der Waals surface area contributed by atoms with Crippen LogP contribution in [0.1, 0.15) is 10.8 Å². The number of rotatable bonds is 1. The molecule has 1 unspecified atom stereocenters. The Kier molecular flexibility index (Phi) is 2.02. The van der Waals surface area contributed by atoms with Gasteiger partial charge in [-0.1, -0.05) is 39.8 Å². The molecule has 1 aromatic carbocycles. The molecule has 0 aliphatic carbocycles. The molecular formula is C8H6O2S2. The summed E-state index contributed by atoms with van der Waals surface area (Å²) in [5, 5.41) is 8.44. The van der Waals surface area contributed by atoms with E-state index in [0.717, 1.165) is 10.5 Å². The van der Waals surface area contributed by atoms with Crippen LogP contribution in [-0.4, -0.2) is 11.1 Å². The van der Waals surface area contributed by atoms with Crippen LogP contribution < -0.4 is 0 Å². The van der Waals surface area contributed by atoms with Crippen LogP contribution in [0.4, 0.5) is 0 Å². The number of hydrogen-bond acceptors (Lipinski definition) is 3. The minimum Gasteiger partial charge on any atom is -0.480 e. The van der Waals surface area contributed by atoms with Gasteiger partial charge in [-0.05, 0) is 11.6 Å². The largest absolute Gasteiger partial charge is 0.480 e. The van der Waals surface area contributed by atoms with Gasteiger partial charge in [-0.25, -0.2) is 0 Å². The van der Waals surface area contributed by atoms with Gasteiger partial charge in [0.25, 0.3) is 0 Å². The highest BCUT2D eigenvalue weighted by Crippen LogP contribution is 2.52. The zero-order valence-electron chi connectivity index (χ0n) is 6.06. The maximum absolute atomic E-state index is 10.7. The topological polar surface area (TPSA) is 37.3 Å². The molecule has 0 fully saturated rings. The number of benzene rings is 1. The van der Waals surface area contributed by atoms with E-state index in [0.29, 0.717) is 0 Å². The smallest absolute Gasteiger partial charge is 0.322 e. The molecule has 0 saturated carbocycles. The number of fused-ring (bicyclic) bond motifs is 1. The number of carbonyl (C=O) groups is 1. The van der Waals surface area contributed by atoms with Crippen molar-refractivity contribution in [2.45, 2.75) is 10.1 Å². The Morgan fingerprint density at radius 3 is 2.92 bits per heavy atom. The second kappa shape index (κ2) is 3.03. The first-order valence-electron chi connectivity index (χ1n) is 3.44. The third-order valence-electron chi connectivity index (χ3n) is 1.66. The number of carboxylic acid groups (broad SMARTS) is 1. The van der Waals surface area contributed by atoms with Crippen LogP contribution in [0.5, 0.6) is 0 Å². The molecule has 0 spiro atoms. The summed E-state index contributed by atoms with van der Waals surface area (Å²) in [5.41, 5.74) is 0.931. The first kappa shape index (κ1) is 8.01. The lowest BCUT2D eigenvalue weighted by Gasteiger charge is -2.01. The van der Waals surface area contributed by atoms with Gasteiger partial charge >= 0.3 is 5.97 Å². The molecule has 4 heteroatoms. The van der Waals surface area contributed by atoms with Gasteiger partial charge in [0.1, 0.15) is 5.25 Å². The molecule has 1 atom stereocenters. The molecule has 62 valence electrons. The van der Waals surface area contributed by atoms with Crippen LogP contribution in [0, 0.1) is 0 Å². The summed E-state index contributed by atoms with van der Waals surface area (Å²) in [7, 11) is 2.94. The van der Waals surface area contributed by atoms with Crippen molar-refractivity contribution in [2.75, 3.05) is 0 Å². The van der Waals surface area contributed by atoms with Gasteiger partial charge in [0.15, 0.2) is 0 Å². The number of carboxylic acids is 1. The Morgan fingerprint density at radius 1 is 1.42 bits per heavy atom. The predicted octanol–water partition coefficient (Wildman–Crippen LogP) is 2.57. The van der Waals surface area contributed by atoms with Gasteiger partial charge in [-0.2, -0.15) is 0 Å². The third-order valence-corrected chi connectivity index (χ3v) is 4.36. The minimum atomic E-state index is -0.752. The summed E-state index contributed by atoms with van der Waals surface area (Å²) >= 11 is 0. The van der Waals surface area contributed by atoms with Crippen molar-refractivity contribution in [1.82, 2.24) is 0 Å². The molecule has 0 aromatic heterocycles. The van der Waals surface area contributed by atoms with Gasteiger partial charge in [-0.15, -0.1) is 0 Å². The van der Waals surface area contributed by atoms with Gasteiger partial charge < -0.3 is 5.11 Å². The summed E-state index contributed by atoms with van der Waals surface area (Å²) in [5.74, 6) is -0.752. The average Bonchev–Trinajstić information content (AvgIpc) is 2.47. The molecule has 0 saturated heterocycles. The fourth-order valence-electron chi connectivity index (χ4n) is 1.10. The molecule has 1 aliphatic rings. The van der Waals surface area contributed by atoms with Crippen molar-refractivity contribution in [3.05, 3.63) is 29.8 Å². The Morgan fingerprint density at radius 2 is 2.17 bits per heavy atom. The third kappa shape index (κ3) is 1.21. The number of aliphatic carboxylic acids is 1. The molecular weight excluding hydrogens is 192 g/mol. The highest BCUT2D eigenvalue weighted by molar-refractivity contribution is 8.77. The van der Waals surface area contributed by atoms with Crippen LogP contribution in [-0.2, 0) is 4.79 Å². The van der Waals surface area contributed by atoms with E-state index in [9.17, 15) is 4.79 Å². The van der Waals surface area contributed by atoms with Crippen molar-refractivity contribution in [3.8, 4) is 0 Å². The van der Waals surface area contributed by atoms with Gasteiger partial charge in [-0.3, -0.25) is 4.79 Å². The fraction of sp³-hybridized carbons (Fsp3) is 0.125. The quantitative estimate of drug-likeness (QED) is 0.704. The van der Waals surface area contributed by atoms with Crippen molar-refractivity contribution in [1.29, 1.82) is 0 Å². The summed E-state index contributed by atoms with van der Waals surface area (Å²) in [6.07, 6.45) is 0. The minimum absolute atomic E-state index is 0.383. The molecule has 0 amide bonds. The Labute approximate surface area is 77.8 Å². The van der Waals surface area contributed by atoms with E-state index in [1.165, 1.54) is 10.8 Å². The van der Waals surface area contributed by atoms with Crippen LogP contribution in [0.2, 0.25) is 0 Å². The van der Waals surface area contributed by atoms with Crippen LogP contribution in [0.25, 0.3) is 0 Å². The monoisotopic (exact) mass is 198 g/mol. The molecule has 2 nitrogen and oxygen atoms in total.